The van der Waals surface area contributed by atoms with Gasteiger partial charge in [-0.1, -0.05) is 28.1 Å². The Morgan fingerprint density at radius 1 is 1.26 bits per heavy atom. The van der Waals surface area contributed by atoms with Gasteiger partial charge in [0.25, 0.3) is 0 Å². The van der Waals surface area contributed by atoms with Crippen molar-refractivity contribution >= 4 is 53.0 Å². The first-order valence-electron chi connectivity index (χ1n) is 5.49. The van der Waals surface area contributed by atoms with Crippen molar-refractivity contribution in [3.8, 4) is 0 Å². The van der Waals surface area contributed by atoms with Gasteiger partial charge in [-0.25, -0.2) is 8.42 Å². The van der Waals surface area contributed by atoms with Crippen molar-refractivity contribution < 1.29 is 8.42 Å². The average molecular weight is 424 g/mol. The Hall–Kier alpha value is -0.170. The van der Waals surface area contributed by atoms with Gasteiger partial charge < -0.3 is 0 Å². The second kappa shape index (κ2) is 5.68. The maximum Gasteiger partial charge on any atom is 0.175 e. The number of halogens is 2. The van der Waals surface area contributed by atoms with Crippen LogP contribution in [-0.2, 0) is 9.84 Å². The van der Waals surface area contributed by atoms with Crippen LogP contribution in [0, 0.1) is 6.92 Å². The first-order chi connectivity index (χ1) is 8.79. The van der Waals surface area contributed by atoms with E-state index >= 15 is 0 Å². The summed E-state index contributed by atoms with van der Waals surface area (Å²) in [6.45, 7) is 2.04. The van der Waals surface area contributed by atoms with E-state index in [4.69, 9.17) is 0 Å². The molecule has 1 unspecified atom stereocenters. The van der Waals surface area contributed by atoms with Crippen molar-refractivity contribution in [2.45, 2.75) is 16.6 Å². The van der Waals surface area contributed by atoms with E-state index in [0.29, 0.717) is 4.90 Å². The molecule has 0 saturated heterocycles. The molecule has 2 aromatic rings. The molecule has 102 valence electrons. The molecule has 1 aromatic carbocycles. The van der Waals surface area contributed by atoms with Crippen molar-refractivity contribution in [2.24, 2.45) is 0 Å². The monoisotopic (exact) mass is 422 g/mol. The molecule has 0 saturated carbocycles. The van der Waals surface area contributed by atoms with E-state index in [-0.39, 0.29) is 4.83 Å². The predicted molar refractivity (Wildman–Crippen MR) is 87.1 cm³/mol. The molecule has 0 radical (unpaired) electrons. The van der Waals surface area contributed by atoms with Gasteiger partial charge in [0.1, 0.15) is 0 Å². The summed E-state index contributed by atoms with van der Waals surface area (Å²) in [5.74, 6) is 0. The number of benzene rings is 1. The van der Waals surface area contributed by atoms with Crippen LogP contribution in [0.2, 0.25) is 0 Å². The summed E-state index contributed by atoms with van der Waals surface area (Å²) in [6.07, 6.45) is 1.22. The number of alkyl halides is 1. The fraction of sp³-hybridized carbons (Fsp3) is 0.231. The minimum atomic E-state index is -3.17. The Balaban J connectivity index is 2.42. The molecule has 0 bridgehead atoms. The van der Waals surface area contributed by atoms with Gasteiger partial charge in [-0.3, -0.25) is 0 Å². The Morgan fingerprint density at radius 2 is 1.95 bits per heavy atom. The molecule has 0 spiro atoms. The molecular formula is C13H12Br2O2S2. The molecule has 2 rings (SSSR count). The normalized spacial score (nSPS) is 13.5. The summed E-state index contributed by atoms with van der Waals surface area (Å²) in [7, 11) is -3.17. The first kappa shape index (κ1) is 15.2. The van der Waals surface area contributed by atoms with Crippen molar-refractivity contribution in [3.05, 3.63) is 50.1 Å². The van der Waals surface area contributed by atoms with Crippen LogP contribution in [0.3, 0.4) is 0 Å². The molecule has 1 heterocycles. The van der Waals surface area contributed by atoms with Crippen molar-refractivity contribution in [3.63, 3.8) is 0 Å². The van der Waals surface area contributed by atoms with Crippen LogP contribution < -0.4 is 0 Å². The van der Waals surface area contributed by atoms with Gasteiger partial charge in [0.15, 0.2) is 9.84 Å². The highest BCUT2D eigenvalue weighted by Crippen LogP contribution is 2.39. The molecular weight excluding hydrogens is 412 g/mol. The standard InChI is InChI=1S/C13H12Br2O2S2/c1-8-6-11(18-13(8)15)12(14)9-4-3-5-10(7-9)19(2,16)17/h3-7,12H,1-2H3. The summed E-state index contributed by atoms with van der Waals surface area (Å²) >= 11 is 8.79. The summed E-state index contributed by atoms with van der Waals surface area (Å²) in [5.41, 5.74) is 2.13. The van der Waals surface area contributed by atoms with Crippen LogP contribution in [0.25, 0.3) is 0 Å². The smallest absolute Gasteiger partial charge is 0.175 e. The average Bonchev–Trinajstić information content (AvgIpc) is 2.68. The lowest BCUT2D eigenvalue weighted by Crippen LogP contribution is -1.99. The van der Waals surface area contributed by atoms with Crippen LogP contribution >= 0.6 is 43.2 Å². The lowest BCUT2D eigenvalue weighted by Gasteiger charge is -2.09. The van der Waals surface area contributed by atoms with Crippen LogP contribution in [0.15, 0.2) is 39.0 Å². The molecule has 0 amide bonds. The second-order valence-electron chi connectivity index (χ2n) is 4.31. The molecule has 1 atom stereocenters. The van der Waals surface area contributed by atoms with Gasteiger partial charge in [-0.05, 0) is 52.2 Å². The lowest BCUT2D eigenvalue weighted by molar-refractivity contribution is 0.602. The van der Waals surface area contributed by atoms with Crippen molar-refractivity contribution in [1.29, 1.82) is 0 Å². The molecule has 0 aliphatic carbocycles. The van der Waals surface area contributed by atoms with Crippen molar-refractivity contribution in [2.75, 3.05) is 6.26 Å². The molecule has 0 aliphatic heterocycles. The third kappa shape index (κ3) is 3.48. The molecule has 19 heavy (non-hydrogen) atoms. The Morgan fingerprint density at radius 3 is 2.47 bits per heavy atom. The summed E-state index contributed by atoms with van der Waals surface area (Å²) in [4.78, 5) is 1.50. The molecule has 0 fully saturated rings. The zero-order valence-corrected chi connectivity index (χ0v) is 15.2. The molecule has 0 N–H and O–H groups in total. The molecule has 1 aromatic heterocycles. The van der Waals surface area contributed by atoms with E-state index in [1.165, 1.54) is 11.8 Å². The number of sulfone groups is 1. The number of aryl methyl sites for hydroxylation is 1. The number of hydrogen-bond acceptors (Lipinski definition) is 3. The fourth-order valence-electron chi connectivity index (χ4n) is 1.68. The van der Waals surface area contributed by atoms with Gasteiger partial charge in [0, 0.05) is 11.1 Å². The molecule has 2 nitrogen and oxygen atoms in total. The van der Waals surface area contributed by atoms with Gasteiger partial charge in [0.05, 0.1) is 13.5 Å². The number of thiophene rings is 1. The van der Waals surface area contributed by atoms with Crippen LogP contribution in [0.5, 0.6) is 0 Å². The van der Waals surface area contributed by atoms with Crippen LogP contribution in [-0.4, -0.2) is 14.7 Å². The summed E-state index contributed by atoms with van der Waals surface area (Å²) in [5, 5.41) is 0. The van der Waals surface area contributed by atoms with E-state index in [9.17, 15) is 8.42 Å². The minimum Gasteiger partial charge on any atom is -0.224 e. The fourth-order valence-corrected chi connectivity index (χ4v) is 4.63. The Labute approximate surface area is 134 Å². The topological polar surface area (TPSA) is 34.1 Å². The van der Waals surface area contributed by atoms with Gasteiger partial charge in [0.2, 0.25) is 0 Å². The minimum absolute atomic E-state index is 0.00389. The van der Waals surface area contributed by atoms with E-state index in [2.05, 4.69) is 37.9 Å². The zero-order chi connectivity index (χ0) is 14.2. The first-order valence-corrected chi connectivity index (χ1v) is 9.90. The van der Waals surface area contributed by atoms with Crippen LogP contribution in [0.4, 0.5) is 0 Å². The highest BCUT2D eigenvalue weighted by Gasteiger charge is 2.16. The number of hydrogen-bond donors (Lipinski definition) is 0. The quantitative estimate of drug-likeness (QED) is 0.670. The second-order valence-corrected chi connectivity index (χ2v) is 9.65. The largest absolute Gasteiger partial charge is 0.224 e. The lowest BCUT2D eigenvalue weighted by atomic mass is 10.1. The molecule has 6 heteroatoms. The van der Waals surface area contributed by atoms with Crippen molar-refractivity contribution in [1.82, 2.24) is 0 Å². The maximum atomic E-state index is 11.6. The zero-order valence-electron chi connectivity index (χ0n) is 10.4. The highest BCUT2D eigenvalue weighted by molar-refractivity contribution is 9.11. The highest BCUT2D eigenvalue weighted by atomic mass is 79.9. The van der Waals surface area contributed by atoms with E-state index < -0.39 is 9.84 Å². The van der Waals surface area contributed by atoms with Gasteiger partial charge in [-0.2, -0.15) is 0 Å². The van der Waals surface area contributed by atoms with E-state index in [0.717, 1.165) is 14.2 Å². The third-order valence-corrected chi connectivity index (χ3v) is 7.34. The van der Waals surface area contributed by atoms with Gasteiger partial charge in [-0.15, -0.1) is 11.3 Å². The SMILES string of the molecule is Cc1cc(C(Br)c2cccc(S(C)(=O)=O)c2)sc1Br. The van der Waals surface area contributed by atoms with Gasteiger partial charge >= 0.3 is 0 Å². The Kier molecular flexibility index (Phi) is 4.55. The number of rotatable bonds is 3. The third-order valence-electron chi connectivity index (χ3n) is 2.70. The van der Waals surface area contributed by atoms with Crippen LogP contribution in [0.1, 0.15) is 20.8 Å². The predicted octanol–water partition coefficient (Wildman–Crippen LogP) is 4.71. The van der Waals surface area contributed by atoms with E-state index in [1.54, 1.807) is 29.5 Å². The summed E-state index contributed by atoms with van der Waals surface area (Å²) < 4.78 is 24.3. The maximum absolute atomic E-state index is 11.6. The molecule has 0 aliphatic rings. The summed E-state index contributed by atoms with van der Waals surface area (Å²) in [6, 6.07) is 9.14. The Bertz CT molecular complexity index is 686. The van der Waals surface area contributed by atoms with E-state index in [1.807, 2.05) is 13.0 Å².